The summed E-state index contributed by atoms with van der Waals surface area (Å²) >= 11 is 0. The number of rotatable bonds is 10. The van der Waals surface area contributed by atoms with Gasteiger partial charge in [-0.15, -0.1) is 0 Å². The van der Waals surface area contributed by atoms with Crippen molar-refractivity contribution in [1.29, 1.82) is 0 Å². The lowest BCUT2D eigenvalue weighted by atomic mass is 10.2. The predicted molar refractivity (Wildman–Crippen MR) is 119 cm³/mol. The molecular weight excluding hydrogens is 376 g/mol. The summed E-state index contributed by atoms with van der Waals surface area (Å²) in [5.74, 6) is 0.814. The number of nitrogens with zero attached hydrogens (tertiary/aromatic N) is 3. The molecule has 0 bridgehead atoms. The van der Waals surface area contributed by atoms with Crippen LogP contribution in [0, 0.1) is 0 Å². The van der Waals surface area contributed by atoms with Crippen LogP contribution in [0.4, 0.5) is 0 Å². The first-order valence-electron chi connectivity index (χ1n) is 10.7. The summed E-state index contributed by atoms with van der Waals surface area (Å²) in [5.41, 5.74) is 2.45. The van der Waals surface area contributed by atoms with Gasteiger partial charge in [-0.1, -0.05) is 44.2 Å². The number of imidazole rings is 1. The van der Waals surface area contributed by atoms with Crippen LogP contribution in [0.2, 0.25) is 0 Å². The molecule has 3 aromatic rings. The summed E-state index contributed by atoms with van der Waals surface area (Å²) in [6.45, 7) is 6.43. The molecule has 0 atom stereocenters. The first-order chi connectivity index (χ1) is 14.6. The Morgan fingerprint density at radius 3 is 2.33 bits per heavy atom. The molecule has 0 fully saturated rings. The zero-order valence-corrected chi connectivity index (χ0v) is 17.8. The van der Waals surface area contributed by atoms with Gasteiger partial charge in [0.05, 0.1) is 11.0 Å². The molecule has 0 aliphatic heterocycles. The lowest BCUT2D eigenvalue weighted by Gasteiger charge is -2.22. The van der Waals surface area contributed by atoms with Crippen molar-refractivity contribution in [1.82, 2.24) is 19.8 Å². The molecule has 0 unspecified atom stereocenters. The number of hydrogen-bond acceptors (Lipinski definition) is 3. The van der Waals surface area contributed by atoms with Gasteiger partial charge in [0.1, 0.15) is 12.4 Å². The Labute approximate surface area is 177 Å². The zero-order chi connectivity index (χ0) is 21.3. The highest BCUT2D eigenvalue weighted by Crippen LogP contribution is 2.17. The maximum Gasteiger partial charge on any atom is 0.251 e. The number of hydrogen-bond donors (Lipinski definition) is 1. The number of fused-ring (bicyclic) bond motifs is 1. The first-order valence-corrected chi connectivity index (χ1v) is 10.7. The van der Waals surface area contributed by atoms with Crippen LogP contribution in [0.15, 0.2) is 54.6 Å². The minimum absolute atomic E-state index is 0.105. The van der Waals surface area contributed by atoms with E-state index in [4.69, 9.17) is 4.98 Å². The van der Waals surface area contributed by atoms with E-state index in [1.54, 1.807) is 12.1 Å². The lowest BCUT2D eigenvalue weighted by molar-refractivity contribution is -0.131. The monoisotopic (exact) mass is 406 g/mol. The van der Waals surface area contributed by atoms with E-state index in [1.165, 1.54) is 0 Å². The Morgan fingerprint density at radius 1 is 0.967 bits per heavy atom. The van der Waals surface area contributed by atoms with E-state index >= 15 is 0 Å². The van der Waals surface area contributed by atoms with Gasteiger partial charge in [0.15, 0.2) is 0 Å². The molecule has 3 rings (SSSR count). The highest BCUT2D eigenvalue weighted by atomic mass is 16.2. The summed E-state index contributed by atoms with van der Waals surface area (Å²) < 4.78 is 1.99. The van der Waals surface area contributed by atoms with Crippen molar-refractivity contribution in [3.05, 3.63) is 66.0 Å². The van der Waals surface area contributed by atoms with E-state index < -0.39 is 0 Å². The smallest absolute Gasteiger partial charge is 0.251 e. The van der Waals surface area contributed by atoms with Crippen LogP contribution in [0.5, 0.6) is 0 Å². The zero-order valence-electron chi connectivity index (χ0n) is 17.8. The Hall–Kier alpha value is -3.15. The molecule has 1 aromatic heterocycles. The molecule has 0 radical (unpaired) electrons. The normalized spacial score (nSPS) is 10.9. The van der Waals surface area contributed by atoms with E-state index in [9.17, 15) is 9.59 Å². The molecular formula is C24H30N4O2. The molecule has 0 aliphatic carbocycles. The molecule has 0 saturated carbocycles. The van der Waals surface area contributed by atoms with Crippen molar-refractivity contribution in [3.63, 3.8) is 0 Å². The Morgan fingerprint density at radius 2 is 1.63 bits per heavy atom. The highest BCUT2D eigenvalue weighted by Gasteiger charge is 2.17. The Bertz CT molecular complexity index is 975. The van der Waals surface area contributed by atoms with E-state index in [-0.39, 0.29) is 18.4 Å². The van der Waals surface area contributed by atoms with Crippen LogP contribution in [-0.2, 0) is 17.8 Å². The average Bonchev–Trinajstić information content (AvgIpc) is 3.11. The molecule has 6 nitrogen and oxygen atoms in total. The van der Waals surface area contributed by atoms with Crippen LogP contribution in [0.3, 0.4) is 0 Å². The quantitative estimate of drug-likeness (QED) is 0.559. The standard InChI is InChI=1S/C24H30N4O2/c1-3-16-27(17-4-2)23(29)18-28-21-13-9-8-12-20(21)26-22(28)14-15-25-24(30)19-10-6-5-7-11-19/h5-13H,3-4,14-18H2,1-2H3,(H,25,30). The van der Waals surface area contributed by atoms with Crippen LogP contribution >= 0.6 is 0 Å². The first kappa shape index (κ1) is 21.6. The average molecular weight is 407 g/mol. The number of aromatic nitrogens is 2. The number of benzene rings is 2. The second kappa shape index (κ2) is 10.6. The summed E-state index contributed by atoms with van der Waals surface area (Å²) in [7, 11) is 0. The summed E-state index contributed by atoms with van der Waals surface area (Å²) in [5, 5.41) is 2.95. The van der Waals surface area contributed by atoms with Crippen LogP contribution in [-0.4, -0.2) is 45.9 Å². The van der Waals surface area contributed by atoms with E-state index in [0.717, 1.165) is 42.8 Å². The molecule has 1 heterocycles. The van der Waals surface area contributed by atoms with Gasteiger partial charge < -0.3 is 14.8 Å². The maximum atomic E-state index is 13.0. The lowest BCUT2D eigenvalue weighted by Crippen LogP contribution is -2.35. The fourth-order valence-electron chi connectivity index (χ4n) is 3.61. The van der Waals surface area contributed by atoms with Crippen molar-refractivity contribution in [2.45, 2.75) is 39.7 Å². The van der Waals surface area contributed by atoms with Crippen molar-refractivity contribution in [2.75, 3.05) is 19.6 Å². The Balaban J connectivity index is 1.74. The van der Waals surface area contributed by atoms with Gasteiger partial charge in [0.25, 0.3) is 5.91 Å². The molecule has 0 aliphatic rings. The fraction of sp³-hybridized carbons (Fsp3) is 0.375. The topological polar surface area (TPSA) is 67.2 Å². The van der Waals surface area contributed by atoms with Crippen molar-refractivity contribution >= 4 is 22.8 Å². The minimum Gasteiger partial charge on any atom is -0.352 e. The van der Waals surface area contributed by atoms with Crippen LogP contribution in [0.1, 0.15) is 42.9 Å². The van der Waals surface area contributed by atoms with E-state index in [0.29, 0.717) is 18.5 Å². The summed E-state index contributed by atoms with van der Waals surface area (Å²) in [4.78, 5) is 31.9. The van der Waals surface area contributed by atoms with Crippen LogP contribution < -0.4 is 5.32 Å². The SMILES string of the molecule is CCCN(CCC)C(=O)Cn1c(CCNC(=O)c2ccccc2)nc2ccccc21. The number of carbonyl (C=O) groups is 2. The molecule has 158 valence electrons. The van der Waals surface area contributed by atoms with E-state index in [2.05, 4.69) is 19.2 Å². The second-order valence-electron chi connectivity index (χ2n) is 7.36. The van der Waals surface area contributed by atoms with Gasteiger partial charge in [-0.3, -0.25) is 9.59 Å². The third-order valence-electron chi connectivity index (χ3n) is 5.04. The third kappa shape index (κ3) is 5.26. The van der Waals surface area contributed by atoms with Gasteiger partial charge in [0.2, 0.25) is 5.91 Å². The molecule has 2 aromatic carbocycles. The molecule has 6 heteroatoms. The molecule has 0 spiro atoms. The molecule has 0 saturated heterocycles. The maximum absolute atomic E-state index is 13.0. The van der Waals surface area contributed by atoms with E-state index in [1.807, 2.05) is 51.9 Å². The fourth-order valence-corrected chi connectivity index (χ4v) is 3.61. The minimum atomic E-state index is -0.105. The number of carbonyl (C=O) groups excluding carboxylic acids is 2. The second-order valence-corrected chi connectivity index (χ2v) is 7.36. The summed E-state index contributed by atoms with van der Waals surface area (Å²) in [6.07, 6.45) is 2.44. The van der Waals surface area contributed by atoms with Gasteiger partial charge in [0, 0.05) is 31.6 Å². The molecule has 30 heavy (non-hydrogen) atoms. The predicted octanol–water partition coefficient (Wildman–Crippen LogP) is 3.66. The van der Waals surface area contributed by atoms with Gasteiger partial charge in [-0.25, -0.2) is 4.98 Å². The van der Waals surface area contributed by atoms with Crippen molar-refractivity contribution < 1.29 is 9.59 Å². The van der Waals surface area contributed by atoms with Gasteiger partial charge in [-0.2, -0.15) is 0 Å². The van der Waals surface area contributed by atoms with Crippen molar-refractivity contribution in [3.8, 4) is 0 Å². The Kier molecular flexibility index (Phi) is 7.60. The molecule has 2 amide bonds. The number of para-hydroxylation sites is 2. The number of amides is 2. The summed E-state index contributed by atoms with van der Waals surface area (Å²) in [6, 6.07) is 17.0. The van der Waals surface area contributed by atoms with Gasteiger partial charge in [-0.05, 0) is 37.1 Å². The molecule has 1 N–H and O–H groups in total. The number of nitrogens with one attached hydrogen (secondary N) is 1. The van der Waals surface area contributed by atoms with Crippen LogP contribution in [0.25, 0.3) is 11.0 Å². The van der Waals surface area contributed by atoms with Gasteiger partial charge >= 0.3 is 0 Å². The highest BCUT2D eigenvalue weighted by molar-refractivity contribution is 5.94. The third-order valence-corrected chi connectivity index (χ3v) is 5.04. The largest absolute Gasteiger partial charge is 0.352 e. The van der Waals surface area contributed by atoms with Crippen molar-refractivity contribution in [2.24, 2.45) is 0 Å².